The molecular formula is C11H17N5O. The maximum Gasteiger partial charge on any atom is 0.227 e. The normalized spacial score (nSPS) is 35.8. The second kappa shape index (κ2) is 3.80. The van der Waals surface area contributed by atoms with Gasteiger partial charge in [-0.15, -0.1) is 0 Å². The molecule has 2 aliphatic rings. The summed E-state index contributed by atoms with van der Waals surface area (Å²) >= 11 is 0. The lowest BCUT2D eigenvalue weighted by molar-refractivity contribution is 0.0667. The van der Waals surface area contributed by atoms with Crippen LogP contribution >= 0.6 is 0 Å². The minimum absolute atomic E-state index is 0.259. The number of nitrogens with zero attached hydrogens (tertiary/aromatic N) is 3. The Balaban J connectivity index is 1.56. The first-order chi connectivity index (χ1) is 8.15. The minimum atomic E-state index is 0.259. The van der Waals surface area contributed by atoms with Crippen LogP contribution in [0.3, 0.4) is 0 Å². The summed E-state index contributed by atoms with van der Waals surface area (Å²) < 4.78 is 5.64. The van der Waals surface area contributed by atoms with Crippen molar-refractivity contribution in [3.05, 3.63) is 6.33 Å². The second-order valence-electron chi connectivity index (χ2n) is 5.24. The van der Waals surface area contributed by atoms with E-state index in [-0.39, 0.29) is 5.95 Å². The van der Waals surface area contributed by atoms with Crippen LogP contribution in [0.4, 0.5) is 11.9 Å². The summed E-state index contributed by atoms with van der Waals surface area (Å²) in [6.07, 6.45) is 5.26. The molecule has 0 aromatic carbocycles. The van der Waals surface area contributed by atoms with E-state index in [0.717, 1.165) is 19.4 Å². The Kier molecular flexibility index (Phi) is 2.39. The van der Waals surface area contributed by atoms with Crippen molar-refractivity contribution in [2.75, 3.05) is 17.7 Å². The number of anilines is 2. The van der Waals surface area contributed by atoms with Crippen molar-refractivity contribution < 1.29 is 4.74 Å². The fourth-order valence-corrected chi connectivity index (χ4v) is 2.98. The molecule has 1 aromatic rings. The SMILES string of the molecule is CC1CC2(CO1)CC(Nc1ncnc(N)n1)C2. The molecule has 1 saturated heterocycles. The lowest BCUT2D eigenvalue weighted by atomic mass is 9.64. The molecule has 1 unspecified atom stereocenters. The van der Waals surface area contributed by atoms with Crippen LogP contribution in [-0.2, 0) is 4.74 Å². The fraction of sp³-hybridized carbons (Fsp3) is 0.727. The van der Waals surface area contributed by atoms with Gasteiger partial charge in [0.25, 0.3) is 0 Å². The zero-order valence-electron chi connectivity index (χ0n) is 9.89. The molecule has 1 spiro atoms. The summed E-state index contributed by atoms with van der Waals surface area (Å²) in [6, 6.07) is 0.436. The molecule has 3 N–H and O–H groups in total. The average molecular weight is 235 g/mol. The van der Waals surface area contributed by atoms with Crippen LogP contribution in [0, 0.1) is 5.41 Å². The molecule has 1 aliphatic carbocycles. The quantitative estimate of drug-likeness (QED) is 0.789. The first-order valence-corrected chi connectivity index (χ1v) is 5.98. The van der Waals surface area contributed by atoms with Gasteiger partial charge in [0.1, 0.15) is 6.33 Å². The molecule has 0 amide bonds. The van der Waals surface area contributed by atoms with Gasteiger partial charge in [-0.25, -0.2) is 9.97 Å². The number of rotatable bonds is 2. The van der Waals surface area contributed by atoms with Crippen molar-refractivity contribution in [1.82, 2.24) is 15.0 Å². The molecule has 1 atom stereocenters. The van der Waals surface area contributed by atoms with Gasteiger partial charge in [-0.05, 0) is 26.2 Å². The number of aromatic nitrogens is 3. The first-order valence-electron chi connectivity index (χ1n) is 5.98. The van der Waals surface area contributed by atoms with Crippen LogP contribution < -0.4 is 11.1 Å². The van der Waals surface area contributed by atoms with Gasteiger partial charge in [-0.3, -0.25) is 0 Å². The number of hydrogen-bond acceptors (Lipinski definition) is 6. The number of hydrogen-bond donors (Lipinski definition) is 2. The van der Waals surface area contributed by atoms with E-state index in [1.807, 2.05) is 0 Å². The second-order valence-corrected chi connectivity index (χ2v) is 5.24. The fourth-order valence-electron chi connectivity index (χ4n) is 2.98. The Morgan fingerprint density at radius 1 is 1.41 bits per heavy atom. The van der Waals surface area contributed by atoms with E-state index < -0.39 is 0 Å². The molecule has 0 radical (unpaired) electrons. The molecular weight excluding hydrogens is 218 g/mol. The highest BCUT2D eigenvalue weighted by Crippen LogP contribution is 2.49. The third-order valence-corrected chi connectivity index (χ3v) is 3.68. The summed E-state index contributed by atoms with van der Waals surface area (Å²) in [5.74, 6) is 0.832. The zero-order chi connectivity index (χ0) is 11.9. The van der Waals surface area contributed by atoms with Crippen molar-refractivity contribution in [3.8, 4) is 0 Å². The van der Waals surface area contributed by atoms with Crippen molar-refractivity contribution in [2.24, 2.45) is 5.41 Å². The number of ether oxygens (including phenoxy) is 1. The van der Waals surface area contributed by atoms with Gasteiger partial charge in [0.2, 0.25) is 11.9 Å². The van der Waals surface area contributed by atoms with Gasteiger partial charge >= 0.3 is 0 Å². The number of nitrogens with one attached hydrogen (secondary N) is 1. The van der Waals surface area contributed by atoms with Crippen LogP contribution in [0.25, 0.3) is 0 Å². The van der Waals surface area contributed by atoms with E-state index in [4.69, 9.17) is 10.5 Å². The molecule has 6 nitrogen and oxygen atoms in total. The third kappa shape index (κ3) is 2.04. The monoisotopic (exact) mass is 235 g/mol. The Labute approximate surface area is 100 Å². The summed E-state index contributed by atoms with van der Waals surface area (Å²) in [6.45, 7) is 3.04. The molecule has 0 bridgehead atoms. The van der Waals surface area contributed by atoms with Gasteiger partial charge in [0.05, 0.1) is 12.7 Å². The van der Waals surface area contributed by atoms with Gasteiger partial charge in [0.15, 0.2) is 0 Å². The third-order valence-electron chi connectivity index (χ3n) is 3.68. The van der Waals surface area contributed by atoms with Crippen LogP contribution in [0.5, 0.6) is 0 Å². The predicted molar refractivity (Wildman–Crippen MR) is 63.3 cm³/mol. The number of nitrogen functional groups attached to an aromatic ring is 1. The molecule has 3 rings (SSSR count). The topological polar surface area (TPSA) is 86.0 Å². The summed E-state index contributed by atoms with van der Waals surface area (Å²) in [5, 5.41) is 3.29. The Morgan fingerprint density at radius 2 is 2.24 bits per heavy atom. The van der Waals surface area contributed by atoms with Crippen LogP contribution in [-0.4, -0.2) is 33.7 Å². The first kappa shape index (κ1) is 10.7. The van der Waals surface area contributed by atoms with Crippen LogP contribution in [0.1, 0.15) is 26.2 Å². The predicted octanol–water partition coefficient (Wildman–Crippen LogP) is 0.823. The summed E-state index contributed by atoms with van der Waals surface area (Å²) in [4.78, 5) is 11.9. The highest BCUT2D eigenvalue weighted by atomic mass is 16.5. The highest BCUT2D eigenvalue weighted by molar-refractivity contribution is 5.31. The van der Waals surface area contributed by atoms with E-state index in [9.17, 15) is 0 Å². The van der Waals surface area contributed by atoms with Crippen molar-refractivity contribution >= 4 is 11.9 Å². The molecule has 2 heterocycles. The van der Waals surface area contributed by atoms with Crippen molar-refractivity contribution in [2.45, 2.75) is 38.3 Å². The molecule has 1 aliphatic heterocycles. The lowest BCUT2D eigenvalue weighted by Crippen LogP contribution is -2.46. The molecule has 6 heteroatoms. The Hall–Kier alpha value is -1.43. The molecule has 1 saturated carbocycles. The Bertz CT molecular complexity index is 418. The highest BCUT2D eigenvalue weighted by Gasteiger charge is 2.49. The lowest BCUT2D eigenvalue weighted by Gasteiger charge is -2.44. The maximum absolute atomic E-state index is 5.64. The van der Waals surface area contributed by atoms with Crippen LogP contribution in [0.2, 0.25) is 0 Å². The summed E-state index contributed by atoms with van der Waals surface area (Å²) in [7, 11) is 0. The minimum Gasteiger partial charge on any atom is -0.378 e. The average Bonchev–Trinajstić information content (AvgIpc) is 2.60. The summed E-state index contributed by atoms with van der Waals surface area (Å²) in [5.41, 5.74) is 5.90. The van der Waals surface area contributed by atoms with Gasteiger partial charge in [0, 0.05) is 11.5 Å². The number of nitrogens with two attached hydrogens (primary N) is 1. The van der Waals surface area contributed by atoms with E-state index >= 15 is 0 Å². The standard InChI is InChI=1S/C11H17N5O/c1-7-2-11(5-17-7)3-8(4-11)15-10-14-6-13-9(12)16-10/h6-8H,2-5H2,1H3,(H3,12,13,14,15,16). The Morgan fingerprint density at radius 3 is 2.88 bits per heavy atom. The zero-order valence-corrected chi connectivity index (χ0v) is 9.89. The molecule has 92 valence electrons. The van der Waals surface area contributed by atoms with Gasteiger partial charge in [-0.2, -0.15) is 4.98 Å². The molecule has 17 heavy (non-hydrogen) atoms. The van der Waals surface area contributed by atoms with Crippen molar-refractivity contribution in [3.63, 3.8) is 0 Å². The molecule has 2 fully saturated rings. The van der Waals surface area contributed by atoms with Gasteiger partial charge in [-0.1, -0.05) is 0 Å². The van der Waals surface area contributed by atoms with E-state index in [1.165, 1.54) is 12.7 Å². The van der Waals surface area contributed by atoms with Gasteiger partial charge < -0.3 is 15.8 Å². The smallest absolute Gasteiger partial charge is 0.227 e. The maximum atomic E-state index is 5.64. The van der Waals surface area contributed by atoms with E-state index in [2.05, 4.69) is 27.2 Å². The van der Waals surface area contributed by atoms with E-state index in [0.29, 0.717) is 23.5 Å². The largest absolute Gasteiger partial charge is 0.378 e. The van der Waals surface area contributed by atoms with Crippen molar-refractivity contribution in [1.29, 1.82) is 0 Å². The van der Waals surface area contributed by atoms with Crippen LogP contribution in [0.15, 0.2) is 6.33 Å². The van der Waals surface area contributed by atoms with E-state index in [1.54, 1.807) is 0 Å². The molecule has 1 aromatic heterocycles.